The Balaban J connectivity index is 1.91. The van der Waals surface area contributed by atoms with Crippen molar-refractivity contribution in [1.29, 1.82) is 0 Å². The van der Waals surface area contributed by atoms with Gasteiger partial charge in [0.2, 0.25) is 5.91 Å². The Kier molecular flexibility index (Phi) is 4.31. The van der Waals surface area contributed by atoms with Crippen LogP contribution in [0.2, 0.25) is 0 Å². The molecule has 1 fully saturated rings. The fourth-order valence-electron chi connectivity index (χ4n) is 2.51. The Bertz CT molecular complexity index is 411. The van der Waals surface area contributed by atoms with Crippen molar-refractivity contribution in [3.63, 3.8) is 0 Å². The summed E-state index contributed by atoms with van der Waals surface area (Å²) in [6.45, 7) is 2.70. The minimum absolute atomic E-state index is 0.139. The second-order valence-corrected chi connectivity index (χ2v) is 5.13. The summed E-state index contributed by atoms with van der Waals surface area (Å²) in [6.07, 6.45) is 7.53. The number of carbonyl (C=O) groups excluding carboxylic acids is 1. The summed E-state index contributed by atoms with van der Waals surface area (Å²) < 4.78 is 0. The first kappa shape index (κ1) is 13.0. The molecule has 2 rings (SSSR count). The molecule has 0 spiro atoms. The minimum Gasteiger partial charge on any atom is -0.330 e. The van der Waals surface area contributed by atoms with E-state index in [2.05, 4.69) is 10.3 Å². The second kappa shape index (κ2) is 5.96. The lowest BCUT2D eigenvalue weighted by molar-refractivity contribution is -0.121. The van der Waals surface area contributed by atoms with Gasteiger partial charge in [-0.1, -0.05) is 0 Å². The lowest BCUT2D eigenvalue weighted by Crippen LogP contribution is -2.29. The maximum Gasteiger partial charge on any atom is 0.227 e. The molecule has 0 aromatic carbocycles. The molecule has 0 saturated heterocycles. The van der Waals surface area contributed by atoms with Gasteiger partial charge in [-0.15, -0.1) is 0 Å². The average molecular weight is 247 g/mol. The summed E-state index contributed by atoms with van der Waals surface area (Å²) in [5, 5.41) is 3.00. The van der Waals surface area contributed by atoms with Crippen molar-refractivity contribution < 1.29 is 4.79 Å². The van der Waals surface area contributed by atoms with Crippen LogP contribution in [0.3, 0.4) is 0 Å². The van der Waals surface area contributed by atoms with E-state index in [-0.39, 0.29) is 11.8 Å². The van der Waals surface area contributed by atoms with Gasteiger partial charge in [-0.3, -0.25) is 9.78 Å². The van der Waals surface area contributed by atoms with E-state index in [0.29, 0.717) is 5.92 Å². The third kappa shape index (κ3) is 3.07. The van der Waals surface area contributed by atoms with Gasteiger partial charge >= 0.3 is 0 Å². The number of nitrogens with zero attached hydrogens (tertiary/aromatic N) is 1. The van der Waals surface area contributed by atoms with E-state index in [0.717, 1.165) is 43.5 Å². The van der Waals surface area contributed by atoms with Crippen molar-refractivity contribution in [1.82, 2.24) is 4.98 Å². The number of amides is 1. The van der Waals surface area contributed by atoms with Crippen LogP contribution in [0.4, 0.5) is 5.69 Å². The third-order valence-electron chi connectivity index (χ3n) is 3.83. The van der Waals surface area contributed by atoms with Gasteiger partial charge in [-0.2, -0.15) is 0 Å². The Morgan fingerprint density at radius 1 is 1.44 bits per heavy atom. The predicted molar refractivity (Wildman–Crippen MR) is 72.1 cm³/mol. The monoisotopic (exact) mass is 247 g/mol. The molecule has 0 aliphatic heterocycles. The number of aromatic nitrogens is 1. The molecule has 3 N–H and O–H groups in total. The van der Waals surface area contributed by atoms with Crippen molar-refractivity contribution in [2.24, 2.45) is 17.6 Å². The van der Waals surface area contributed by atoms with E-state index >= 15 is 0 Å². The van der Waals surface area contributed by atoms with E-state index in [9.17, 15) is 4.79 Å². The molecule has 1 aromatic heterocycles. The number of anilines is 1. The predicted octanol–water partition coefficient (Wildman–Crippen LogP) is 2.09. The second-order valence-electron chi connectivity index (χ2n) is 5.13. The summed E-state index contributed by atoms with van der Waals surface area (Å²) in [7, 11) is 0. The maximum absolute atomic E-state index is 12.2. The number of rotatable bonds is 3. The normalized spacial score (nSPS) is 23.7. The molecule has 1 heterocycles. The van der Waals surface area contributed by atoms with E-state index < -0.39 is 0 Å². The Hall–Kier alpha value is -1.42. The summed E-state index contributed by atoms with van der Waals surface area (Å²) in [5.74, 6) is 0.886. The molecule has 1 amide bonds. The highest BCUT2D eigenvalue weighted by Crippen LogP contribution is 2.29. The number of hydrogen-bond donors (Lipinski definition) is 2. The van der Waals surface area contributed by atoms with Crippen LogP contribution >= 0.6 is 0 Å². The van der Waals surface area contributed by atoms with Crippen molar-refractivity contribution in [3.05, 3.63) is 24.0 Å². The fraction of sp³-hybridized carbons (Fsp3) is 0.571. The number of carbonyl (C=O) groups is 1. The zero-order valence-corrected chi connectivity index (χ0v) is 10.9. The molecule has 0 unspecified atom stereocenters. The van der Waals surface area contributed by atoms with Gasteiger partial charge in [0.15, 0.2) is 0 Å². The summed E-state index contributed by atoms with van der Waals surface area (Å²) in [5.41, 5.74) is 7.53. The summed E-state index contributed by atoms with van der Waals surface area (Å²) in [6, 6.07) is 1.85. The fourth-order valence-corrected chi connectivity index (χ4v) is 2.51. The molecule has 98 valence electrons. The topological polar surface area (TPSA) is 68.0 Å². The van der Waals surface area contributed by atoms with Gasteiger partial charge < -0.3 is 11.1 Å². The Labute approximate surface area is 108 Å². The van der Waals surface area contributed by atoms with Crippen molar-refractivity contribution >= 4 is 11.6 Å². The maximum atomic E-state index is 12.2. The Morgan fingerprint density at radius 2 is 2.17 bits per heavy atom. The smallest absolute Gasteiger partial charge is 0.227 e. The standard InChI is InChI=1S/C14H21N3O/c1-10-9-16-7-6-13(10)17-14(18)12-4-2-11(8-15)3-5-12/h6-7,9,11-12H,2-5,8,15H2,1H3,(H,16,17,18)/t11-,12-. The number of aryl methyl sites for hydroxylation is 1. The first-order valence-electron chi connectivity index (χ1n) is 6.62. The molecule has 0 atom stereocenters. The Morgan fingerprint density at radius 3 is 2.78 bits per heavy atom. The average Bonchev–Trinajstić information content (AvgIpc) is 2.41. The van der Waals surface area contributed by atoms with Crippen LogP contribution < -0.4 is 11.1 Å². The highest BCUT2D eigenvalue weighted by molar-refractivity contribution is 5.93. The molecule has 1 saturated carbocycles. The van der Waals surface area contributed by atoms with Gasteiger partial charge in [-0.25, -0.2) is 0 Å². The molecular weight excluding hydrogens is 226 g/mol. The van der Waals surface area contributed by atoms with Gasteiger partial charge in [0.1, 0.15) is 0 Å². The van der Waals surface area contributed by atoms with Crippen molar-refractivity contribution in [2.75, 3.05) is 11.9 Å². The summed E-state index contributed by atoms with van der Waals surface area (Å²) in [4.78, 5) is 16.2. The van der Waals surface area contributed by atoms with Crippen LogP contribution in [-0.4, -0.2) is 17.4 Å². The van der Waals surface area contributed by atoms with Crippen molar-refractivity contribution in [3.8, 4) is 0 Å². The SMILES string of the molecule is Cc1cnccc1NC(=O)[C@H]1CC[C@H](CN)CC1. The van der Waals surface area contributed by atoms with Gasteiger partial charge in [-0.05, 0) is 56.7 Å². The molecular formula is C14H21N3O. The molecule has 18 heavy (non-hydrogen) atoms. The zero-order valence-electron chi connectivity index (χ0n) is 10.9. The highest BCUT2D eigenvalue weighted by atomic mass is 16.1. The van der Waals surface area contributed by atoms with E-state index in [1.54, 1.807) is 12.4 Å². The van der Waals surface area contributed by atoms with Crippen LogP contribution in [0.1, 0.15) is 31.2 Å². The number of pyridine rings is 1. The minimum atomic E-state index is 0.139. The highest BCUT2D eigenvalue weighted by Gasteiger charge is 2.25. The van der Waals surface area contributed by atoms with Gasteiger partial charge in [0, 0.05) is 24.0 Å². The van der Waals surface area contributed by atoms with E-state index in [1.165, 1.54) is 0 Å². The molecule has 1 aromatic rings. The lowest BCUT2D eigenvalue weighted by atomic mass is 9.81. The zero-order chi connectivity index (χ0) is 13.0. The van der Waals surface area contributed by atoms with Crippen LogP contribution in [0.15, 0.2) is 18.5 Å². The van der Waals surface area contributed by atoms with Crippen LogP contribution in [0.25, 0.3) is 0 Å². The van der Waals surface area contributed by atoms with E-state index in [4.69, 9.17) is 5.73 Å². The number of nitrogens with one attached hydrogen (secondary N) is 1. The molecule has 1 aliphatic carbocycles. The first-order valence-corrected chi connectivity index (χ1v) is 6.62. The van der Waals surface area contributed by atoms with Gasteiger partial charge in [0.25, 0.3) is 0 Å². The molecule has 0 radical (unpaired) electrons. The third-order valence-corrected chi connectivity index (χ3v) is 3.83. The van der Waals surface area contributed by atoms with E-state index in [1.807, 2.05) is 13.0 Å². The van der Waals surface area contributed by atoms with Crippen molar-refractivity contribution in [2.45, 2.75) is 32.6 Å². The van der Waals surface area contributed by atoms with Crippen LogP contribution in [-0.2, 0) is 4.79 Å². The number of nitrogens with two attached hydrogens (primary N) is 1. The number of hydrogen-bond acceptors (Lipinski definition) is 3. The summed E-state index contributed by atoms with van der Waals surface area (Å²) >= 11 is 0. The first-order chi connectivity index (χ1) is 8.70. The van der Waals surface area contributed by atoms with Gasteiger partial charge in [0.05, 0.1) is 0 Å². The van der Waals surface area contributed by atoms with Crippen LogP contribution in [0, 0.1) is 18.8 Å². The lowest BCUT2D eigenvalue weighted by Gasteiger charge is -2.26. The molecule has 1 aliphatic rings. The molecule has 4 nitrogen and oxygen atoms in total. The van der Waals surface area contributed by atoms with Crippen LogP contribution in [0.5, 0.6) is 0 Å². The molecule has 0 bridgehead atoms. The largest absolute Gasteiger partial charge is 0.330 e. The molecule has 4 heteroatoms. The quantitative estimate of drug-likeness (QED) is 0.859.